The van der Waals surface area contributed by atoms with Crippen LogP contribution in [0.1, 0.15) is 12.0 Å². The Balaban J connectivity index is 1.70. The van der Waals surface area contributed by atoms with Crippen LogP contribution >= 0.6 is 0 Å². The quantitative estimate of drug-likeness (QED) is 0.839. The second-order valence-corrected chi connectivity index (χ2v) is 5.23. The van der Waals surface area contributed by atoms with Crippen molar-refractivity contribution in [1.29, 1.82) is 0 Å². The third-order valence-corrected chi connectivity index (χ3v) is 3.48. The summed E-state index contributed by atoms with van der Waals surface area (Å²) in [5.74, 6) is -0.0609. The molecule has 1 atom stereocenters. The molecule has 1 aromatic carbocycles. The largest absolute Gasteiger partial charge is 0.401 e. The van der Waals surface area contributed by atoms with Crippen LogP contribution in [0.3, 0.4) is 0 Å². The Kier molecular flexibility index (Phi) is 4.99. The number of halogens is 4. The number of rotatable bonds is 5. The zero-order valence-corrected chi connectivity index (χ0v) is 11.1. The minimum Gasteiger partial charge on any atom is -0.312 e. The third kappa shape index (κ3) is 4.76. The number of nitrogens with one attached hydrogen (secondary N) is 1. The fourth-order valence-electron chi connectivity index (χ4n) is 2.53. The van der Waals surface area contributed by atoms with Gasteiger partial charge >= 0.3 is 6.18 Å². The molecule has 6 heteroatoms. The Labute approximate surface area is 115 Å². The van der Waals surface area contributed by atoms with Crippen LogP contribution in [0.25, 0.3) is 0 Å². The summed E-state index contributed by atoms with van der Waals surface area (Å²) in [6.45, 7) is 1.11. The first-order valence-electron chi connectivity index (χ1n) is 6.67. The first-order chi connectivity index (χ1) is 9.44. The summed E-state index contributed by atoms with van der Waals surface area (Å²) in [5.41, 5.74) is 0.581. The molecule has 0 bridgehead atoms. The average molecular weight is 290 g/mol. The van der Waals surface area contributed by atoms with E-state index in [9.17, 15) is 17.6 Å². The molecule has 1 heterocycles. The highest BCUT2D eigenvalue weighted by Crippen LogP contribution is 2.22. The molecule has 0 spiro atoms. The highest BCUT2D eigenvalue weighted by molar-refractivity contribution is 5.16. The fraction of sp³-hybridized carbons (Fsp3) is 0.571. The molecule has 0 saturated carbocycles. The van der Waals surface area contributed by atoms with Gasteiger partial charge in [0.25, 0.3) is 0 Å². The minimum absolute atomic E-state index is 0.198. The molecule has 0 aromatic heterocycles. The van der Waals surface area contributed by atoms with Gasteiger partial charge in [0.15, 0.2) is 0 Å². The van der Waals surface area contributed by atoms with E-state index in [0.717, 1.165) is 6.42 Å². The lowest BCUT2D eigenvalue weighted by Gasteiger charge is -2.18. The van der Waals surface area contributed by atoms with Gasteiger partial charge in [-0.2, -0.15) is 13.2 Å². The van der Waals surface area contributed by atoms with Gasteiger partial charge in [-0.3, -0.25) is 4.90 Å². The fourth-order valence-corrected chi connectivity index (χ4v) is 2.53. The van der Waals surface area contributed by atoms with Crippen molar-refractivity contribution >= 4 is 0 Å². The van der Waals surface area contributed by atoms with Crippen molar-refractivity contribution in [3.63, 3.8) is 0 Å². The highest BCUT2D eigenvalue weighted by Gasteiger charge is 2.34. The van der Waals surface area contributed by atoms with Crippen molar-refractivity contribution in [2.24, 2.45) is 5.92 Å². The average Bonchev–Trinajstić information content (AvgIpc) is 2.77. The summed E-state index contributed by atoms with van der Waals surface area (Å²) in [5, 5.41) is 3.12. The first-order valence-corrected chi connectivity index (χ1v) is 6.67. The summed E-state index contributed by atoms with van der Waals surface area (Å²) in [4.78, 5) is 1.43. The van der Waals surface area contributed by atoms with Crippen LogP contribution in [-0.2, 0) is 6.54 Å². The Bertz CT molecular complexity index is 433. The van der Waals surface area contributed by atoms with E-state index < -0.39 is 12.7 Å². The molecule has 0 radical (unpaired) electrons. The Morgan fingerprint density at radius 3 is 2.70 bits per heavy atom. The molecule has 0 amide bonds. The van der Waals surface area contributed by atoms with E-state index in [-0.39, 0.29) is 11.7 Å². The number of likely N-dealkylation sites (tertiary alicyclic amines) is 1. The van der Waals surface area contributed by atoms with Gasteiger partial charge < -0.3 is 5.32 Å². The van der Waals surface area contributed by atoms with Gasteiger partial charge in [0.2, 0.25) is 0 Å². The maximum atomic E-state index is 13.4. The van der Waals surface area contributed by atoms with E-state index >= 15 is 0 Å². The zero-order chi connectivity index (χ0) is 14.6. The lowest BCUT2D eigenvalue weighted by Crippen LogP contribution is -2.33. The number of hydrogen-bond acceptors (Lipinski definition) is 2. The highest BCUT2D eigenvalue weighted by atomic mass is 19.4. The molecule has 20 heavy (non-hydrogen) atoms. The van der Waals surface area contributed by atoms with E-state index in [1.165, 1.54) is 11.0 Å². The summed E-state index contributed by atoms with van der Waals surface area (Å²) < 4.78 is 50.1. The number of nitrogens with zero attached hydrogens (tertiary/aromatic N) is 1. The predicted octanol–water partition coefficient (Wildman–Crippen LogP) is 2.80. The van der Waals surface area contributed by atoms with Gasteiger partial charge in [-0.25, -0.2) is 4.39 Å². The Morgan fingerprint density at radius 2 is 2.00 bits per heavy atom. The lowest BCUT2D eigenvalue weighted by molar-refractivity contribution is -0.143. The van der Waals surface area contributed by atoms with Crippen molar-refractivity contribution in [3.8, 4) is 0 Å². The Hall–Kier alpha value is -1.14. The van der Waals surface area contributed by atoms with Crippen molar-refractivity contribution in [3.05, 3.63) is 35.6 Å². The van der Waals surface area contributed by atoms with Gasteiger partial charge in [-0.1, -0.05) is 18.2 Å². The maximum absolute atomic E-state index is 13.4. The van der Waals surface area contributed by atoms with Gasteiger partial charge in [0, 0.05) is 18.7 Å². The molecule has 1 saturated heterocycles. The van der Waals surface area contributed by atoms with Crippen LogP contribution in [-0.4, -0.2) is 37.3 Å². The molecule has 1 aromatic rings. The number of benzene rings is 1. The van der Waals surface area contributed by atoms with Crippen molar-refractivity contribution in [1.82, 2.24) is 10.2 Å². The second-order valence-electron chi connectivity index (χ2n) is 5.23. The smallest absolute Gasteiger partial charge is 0.312 e. The van der Waals surface area contributed by atoms with Crippen molar-refractivity contribution in [2.45, 2.75) is 19.1 Å². The molecular weight excluding hydrogens is 272 g/mol. The van der Waals surface area contributed by atoms with Gasteiger partial charge in [-0.15, -0.1) is 0 Å². The van der Waals surface area contributed by atoms with E-state index in [4.69, 9.17) is 0 Å². The molecule has 112 valence electrons. The van der Waals surface area contributed by atoms with Crippen LogP contribution in [0, 0.1) is 11.7 Å². The van der Waals surface area contributed by atoms with Crippen LogP contribution < -0.4 is 5.32 Å². The van der Waals surface area contributed by atoms with Gasteiger partial charge in [0.05, 0.1) is 6.54 Å². The molecule has 1 aliphatic rings. The van der Waals surface area contributed by atoms with Gasteiger partial charge in [-0.05, 0) is 31.5 Å². The van der Waals surface area contributed by atoms with E-state index in [2.05, 4.69) is 5.32 Å². The summed E-state index contributed by atoms with van der Waals surface area (Å²) >= 11 is 0. The zero-order valence-electron chi connectivity index (χ0n) is 11.1. The van der Waals surface area contributed by atoms with Crippen LogP contribution in [0.2, 0.25) is 0 Å². The molecule has 2 nitrogen and oxygen atoms in total. The summed E-state index contributed by atoms with van der Waals surface area (Å²) in [6, 6.07) is 6.50. The molecule has 1 N–H and O–H groups in total. The lowest BCUT2D eigenvalue weighted by atomic mass is 10.1. The third-order valence-electron chi connectivity index (χ3n) is 3.48. The van der Waals surface area contributed by atoms with Gasteiger partial charge in [0.1, 0.15) is 5.82 Å². The molecule has 1 aliphatic heterocycles. The van der Waals surface area contributed by atoms with Crippen LogP contribution in [0.15, 0.2) is 24.3 Å². The minimum atomic E-state index is -4.13. The summed E-state index contributed by atoms with van der Waals surface area (Å²) in [6.07, 6.45) is -3.38. The molecular formula is C14H18F4N2. The second kappa shape index (κ2) is 6.54. The van der Waals surface area contributed by atoms with E-state index in [1.807, 2.05) is 0 Å². The molecule has 2 rings (SSSR count). The van der Waals surface area contributed by atoms with E-state index in [1.54, 1.807) is 18.2 Å². The topological polar surface area (TPSA) is 15.3 Å². The monoisotopic (exact) mass is 290 g/mol. The molecule has 0 aliphatic carbocycles. The van der Waals surface area contributed by atoms with Crippen molar-refractivity contribution < 1.29 is 17.6 Å². The molecule has 1 unspecified atom stereocenters. The van der Waals surface area contributed by atoms with Crippen LogP contribution in [0.4, 0.5) is 17.6 Å². The standard InChI is InChI=1S/C14H18F4N2/c15-13-4-2-1-3-12(13)8-19-7-11-5-6-20(9-11)10-14(16,17)18/h1-4,11,19H,5-10H2. The normalized spacial score (nSPS) is 20.5. The van der Waals surface area contributed by atoms with E-state index in [0.29, 0.717) is 31.7 Å². The SMILES string of the molecule is Fc1ccccc1CNCC1CCN(CC(F)(F)F)C1. The number of alkyl halides is 3. The van der Waals surface area contributed by atoms with Crippen molar-refractivity contribution in [2.75, 3.05) is 26.2 Å². The first kappa shape index (κ1) is 15.3. The molecule has 1 fully saturated rings. The summed E-state index contributed by atoms with van der Waals surface area (Å²) in [7, 11) is 0. The number of hydrogen-bond donors (Lipinski definition) is 1. The predicted molar refractivity (Wildman–Crippen MR) is 68.7 cm³/mol. The van der Waals surface area contributed by atoms with Crippen LogP contribution in [0.5, 0.6) is 0 Å². The maximum Gasteiger partial charge on any atom is 0.401 e. The Morgan fingerprint density at radius 1 is 1.25 bits per heavy atom.